The molecule has 1 amide bonds. The van der Waals surface area contributed by atoms with E-state index in [1.165, 1.54) is 19.4 Å². The van der Waals surface area contributed by atoms with Crippen LogP contribution < -0.4 is 5.32 Å². The predicted octanol–water partition coefficient (Wildman–Crippen LogP) is 0.491. The van der Waals surface area contributed by atoms with Gasteiger partial charge in [0, 0.05) is 6.54 Å². The number of hydrogen-bond acceptors (Lipinski definition) is 4. The van der Waals surface area contributed by atoms with E-state index in [1.807, 2.05) is 0 Å². The summed E-state index contributed by atoms with van der Waals surface area (Å²) in [5.41, 5.74) is 0. The van der Waals surface area contributed by atoms with Gasteiger partial charge in [-0.15, -0.1) is 12.4 Å². The van der Waals surface area contributed by atoms with Crippen molar-refractivity contribution in [3.8, 4) is 0 Å². The molecule has 0 aliphatic heterocycles. The monoisotopic (exact) mass is 214 g/mol. The molecule has 0 aromatic carbocycles. The summed E-state index contributed by atoms with van der Waals surface area (Å²) in [6, 6.07) is 0. The molecule has 0 aliphatic rings. The molecule has 7 heteroatoms. The fraction of sp³-hybridized carbons (Fsp3) is 0.833. The number of nitrogens with zero attached hydrogens (tertiary/aromatic N) is 1. The Morgan fingerprint density at radius 3 is 2.38 bits per heavy atom. The van der Waals surface area contributed by atoms with Crippen LogP contribution in [0.5, 0.6) is 0 Å². The lowest BCUT2D eigenvalue weighted by molar-refractivity contribution is -0.342. The first-order chi connectivity index (χ1) is 5.70. The summed E-state index contributed by atoms with van der Waals surface area (Å²) in [5.74, 6) is 0. The van der Waals surface area contributed by atoms with Gasteiger partial charge in [0.25, 0.3) is 0 Å². The minimum atomic E-state index is -1.02. The number of rotatable bonds is 6. The number of carboxylic acid groups (broad SMARTS) is 1. The lowest BCUT2D eigenvalue weighted by Crippen LogP contribution is -2.28. The summed E-state index contributed by atoms with van der Waals surface area (Å²) in [6.07, 6.45) is -0.384. The van der Waals surface area contributed by atoms with Gasteiger partial charge in [0.1, 0.15) is 0 Å². The van der Waals surface area contributed by atoms with Crippen LogP contribution in [0.25, 0.3) is 0 Å². The molecule has 0 atom stereocenters. The molecular weight excluding hydrogens is 200 g/mol. The summed E-state index contributed by atoms with van der Waals surface area (Å²) in [5, 5.41) is 11.7. The van der Waals surface area contributed by atoms with Crippen molar-refractivity contribution in [1.82, 2.24) is 10.5 Å². The lowest BCUT2D eigenvalue weighted by Gasteiger charge is -2.15. The van der Waals surface area contributed by atoms with Crippen molar-refractivity contribution in [1.29, 1.82) is 0 Å². The number of nitrogens with one attached hydrogen (secondary N) is 1. The lowest BCUT2D eigenvalue weighted by atomic mass is 10.4. The topological polar surface area (TPSA) is 71.0 Å². The summed E-state index contributed by atoms with van der Waals surface area (Å²) >= 11 is 0. The van der Waals surface area contributed by atoms with Crippen molar-refractivity contribution in [2.24, 2.45) is 0 Å². The fourth-order valence-electron chi connectivity index (χ4n) is 0.661. The molecule has 6 nitrogen and oxygen atoms in total. The van der Waals surface area contributed by atoms with Crippen LogP contribution in [0.3, 0.4) is 0 Å². The smallest absolute Gasteiger partial charge is 0.404 e. The van der Waals surface area contributed by atoms with Crippen LogP contribution in [0.1, 0.15) is 6.42 Å². The molecule has 0 heterocycles. The molecule has 0 rings (SSSR count). The minimum Gasteiger partial charge on any atom is -0.465 e. The quantitative estimate of drug-likeness (QED) is 0.498. The second kappa shape index (κ2) is 9.53. The Balaban J connectivity index is 0. The van der Waals surface area contributed by atoms with E-state index in [0.717, 1.165) is 0 Å². The molecule has 0 spiro atoms. The fourth-order valence-corrected chi connectivity index (χ4v) is 0.661. The van der Waals surface area contributed by atoms with E-state index in [4.69, 9.17) is 14.8 Å². The largest absolute Gasteiger partial charge is 0.465 e. The highest BCUT2D eigenvalue weighted by atomic mass is 35.5. The van der Waals surface area contributed by atoms with E-state index < -0.39 is 6.09 Å². The molecule has 0 bridgehead atoms. The van der Waals surface area contributed by atoms with Gasteiger partial charge in [0.05, 0.1) is 20.8 Å². The SMILES string of the molecule is CON(CCCNC(=O)O)OC.Cl. The molecule has 0 aliphatic carbocycles. The van der Waals surface area contributed by atoms with Crippen LogP contribution in [-0.4, -0.2) is 43.7 Å². The van der Waals surface area contributed by atoms with Crippen molar-refractivity contribution >= 4 is 18.5 Å². The molecule has 2 N–H and O–H groups in total. The third kappa shape index (κ3) is 9.35. The Bertz CT molecular complexity index is 132. The molecule has 0 aromatic heterocycles. The zero-order valence-electron chi connectivity index (χ0n) is 7.65. The Kier molecular flexibility index (Phi) is 10.9. The predicted molar refractivity (Wildman–Crippen MR) is 48.6 cm³/mol. The molecule has 13 heavy (non-hydrogen) atoms. The molecule has 0 saturated carbocycles. The molecule has 0 radical (unpaired) electrons. The van der Waals surface area contributed by atoms with Crippen LogP contribution >= 0.6 is 12.4 Å². The second-order valence-corrected chi connectivity index (χ2v) is 2.01. The van der Waals surface area contributed by atoms with E-state index in [9.17, 15) is 4.79 Å². The first kappa shape index (κ1) is 14.9. The Labute approximate surface area is 83.1 Å². The number of hydrogen-bond donors (Lipinski definition) is 2. The highest BCUT2D eigenvalue weighted by molar-refractivity contribution is 5.85. The van der Waals surface area contributed by atoms with Crippen molar-refractivity contribution in [2.45, 2.75) is 6.42 Å². The maximum absolute atomic E-state index is 10.00. The van der Waals surface area contributed by atoms with Crippen LogP contribution in [0.15, 0.2) is 0 Å². The summed E-state index contributed by atoms with van der Waals surface area (Å²) in [6.45, 7) is 0.909. The Morgan fingerprint density at radius 1 is 1.46 bits per heavy atom. The van der Waals surface area contributed by atoms with Gasteiger partial charge in [-0.05, 0) is 6.42 Å². The van der Waals surface area contributed by atoms with Crippen LogP contribution in [0.2, 0.25) is 0 Å². The summed E-state index contributed by atoms with van der Waals surface area (Å²) < 4.78 is 0. The molecule has 80 valence electrons. The maximum atomic E-state index is 10.00. The van der Waals surface area contributed by atoms with Crippen molar-refractivity contribution in [3.05, 3.63) is 0 Å². The van der Waals surface area contributed by atoms with Gasteiger partial charge in [-0.2, -0.15) is 0 Å². The third-order valence-corrected chi connectivity index (χ3v) is 1.20. The molecular formula is C6H15ClN2O4. The van der Waals surface area contributed by atoms with Crippen LogP contribution in [0.4, 0.5) is 4.79 Å². The average molecular weight is 215 g/mol. The zero-order chi connectivity index (χ0) is 9.40. The Hall–Kier alpha value is -0.560. The van der Waals surface area contributed by atoms with Gasteiger partial charge >= 0.3 is 6.09 Å². The Morgan fingerprint density at radius 2 is 2.00 bits per heavy atom. The van der Waals surface area contributed by atoms with E-state index in [2.05, 4.69) is 5.32 Å². The van der Waals surface area contributed by atoms with Crippen molar-refractivity contribution in [2.75, 3.05) is 27.3 Å². The van der Waals surface area contributed by atoms with Crippen molar-refractivity contribution in [3.63, 3.8) is 0 Å². The van der Waals surface area contributed by atoms with Gasteiger partial charge in [0.15, 0.2) is 0 Å². The second-order valence-electron chi connectivity index (χ2n) is 2.01. The summed E-state index contributed by atoms with van der Waals surface area (Å²) in [4.78, 5) is 19.5. The van der Waals surface area contributed by atoms with Gasteiger partial charge < -0.3 is 10.4 Å². The van der Waals surface area contributed by atoms with Gasteiger partial charge in [-0.25, -0.2) is 4.79 Å². The first-order valence-electron chi connectivity index (χ1n) is 3.53. The van der Waals surface area contributed by atoms with E-state index in [-0.39, 0.29) is 12.4 Å². The van der Waals surface area contributed by atoms with Gasteiger partial charge in [-0.1, -0.05) is 5.23 Å². The number of hydroxylamine groups is 2. The summed E-state index contributed by atoms with van der Waals surface area (Å²) in [7, 11) is 2.96. The first-order valence-corrected chi connectivity index (χ1v) is 3.53. The third-order valence-electron chi connectivity index (χ3n) is 1.20. The standard InChI is InChI=1S/C6H14N2O4.ClH/c1-11-8(12-2)5-3-4-7-6(9)10;/h7H,3-5H2,1-2H3,(H,9,10);1H. The van der Waals surface area contributed by atoms with Crippen LogP contribution in [0, 0.1) is 0 Å². The molecule has 0 aromatic rings. The van der Waals surface area contributed by atoms with E-state index in [0.29, 0.717) is 19.5 Å². The molecule has 0 saturated heterocycles. The maximum Gasteiger partial charge on any atom is 0.404 e. The van der Waals surface area contributed by atoms with E-state index in [1.54, 1.807) is 0 Å². The highest BCUT2D eigenvalue weighted by Crippen LogP contribution is 1.89. The number of halogens is 1. The number of amides is 1. The van der Waals surface area contributed by atoms with E-state index >= 15 is 0 Å². The average Bonchev–Trinajstić information content (AvgIpc) is 2.04. The zero-order valence-corrected chi connectivity index (χ0v) is 8.47. The van der Waals surface area contributed by atoms with Gasteiger partial charge in [-0.3, -0.25) is 9.68 Å². The number of carbonyl (C=O) groups is 1. The molecule has 0 fully saturated rings. The molecule has 0 unspecified atom stereocenters. The highest BCUT2D eigenvalue weighted by Gasteiger charge is 2.00. The normalized spacial score (nSPS) is 9.46. The van der Waals surface area contributed by atoms with Crippen LogP contribution in [-0.2, 0) is 9.68 Å². The van der Waals surface area contributed by atoms with Gasteiger partial charge in [0.2, 0.25) is 0 Å². The van der Waals surface area contributed by atoms with Crippen molar-refractivity contribution < 1.29 is 19.6 Å². The minimum absolute atomic E-state index is 0.